The minimum absolute atomic E-state index is 0.0824. The quantitative estimate of drug-likeness (QED) is 0.449. The summed E-state index contributed by atoms with van der Waals surface area (Å²) in [5.74, 6) is 2.03. The van der Waals surface area contributed by atoms with E-state index in [1.165, 1.54) is 5.56 Å². The third kappa shape index (κ3) is 7.14. The van der Waals surface area contributed by atoms with Gasteiger partial charge >= 0.3 is 0 Å². The Morgan fingerprint density at radius 1 is 1.07 bits per heavy atom. The van der Waals surface area contributed by atoms with Crippen LogP contribution in [0.15, 0.2) is 53.5 Å². The minimum Gasteiger partial charge on any atom is -0.497 e. The van der Waals surface area contributed by atoms with Crippen molar-refractivity contribution < 1.29 is 9.53 Å². The van der Waals surface area contributed by atoms with Crippen molar-refractivity contribution >= 4 is 11.9 Å². The summed E-state index contributed by atoms with van der Waals surface area (Å²) in [5, 5.41) is 9.31. The molecule has 6 heteroatoms. The van der Waals surface area contributed by atoms with Crippen LogP contribution in [0.2, 0.25) is 0 Å². The molecule has 1 unspecified atom stereocenters. The highest BCUT2D eigenvalue weighted by Crippen LogP contribution is 2.21. The van der Waals surface area contributed by atoms with E-state index in [0.29, 0.717) is 18.0 Å². The molecule has 2 aromatic rings. The first kappa shape index (κ1) is 22.3. The lowest BCUT2D eigenvalue weighted by atomic mass is 9.98. The number of guanidine groups is 1. The molecule has 0 heterocycles. The van der Waals surface area contributed by atoms with Crippen LogP contribution in [-0.4, -0.2) is 39.1 Å². The van der Waals surface area contributed by atoms with Gasteiger partial charge in [0.2, 0.25) is 0 Å². The van der Waals surface area contributed by atoms with Gasteiger partial charge in [-0.25, -0.2) is 4.99 Å². The number of nitrogens with one attached hydrogen (secondary N) is 3. The number of methoxy groups -OCH3 is 1. The average Bonchev–Trinajstić information content (AvgIpc) is 2.77. The zero-order valence-electron chi connectivity index (χ0n) is 17.8. The second-order valence-electron chi connectivity index (χ2n) is 6.86. The Morgan fingerprint density at radius 2 is 1.76 bits per heavy atom. The second-order valence-corrected chi connectivity index (χ2v) is 6.86. The summed E-state index contributed by atoms with van der Waals surface area (Å²) in [6, 6.07) is 15.7. The standard InChI is InChI=1S/C23H32N4O2/c1-5-25-23(27-16-18-6-8-20(9-7-18)22(28)24-3)26-15-14-17(2)19-10-12-21(29-4)13-11-19/h6-13,17H,5,14-16H2,1-4H3,(H,24,28)(H2,25,26,27). The molecule has 0 aliphatic heterocycles. The zero-order valence-corrected chi connectivity index (χ0v) is 17.8. The van der Waals surface area contributed by atoms with Crippen LogP contribution in [0.5, 0.6) is 5.75 Å². The van der Waals surface area contributed by atoms with Crippen LogP contribution in [0.4, 0.5) is 0 Å². The third-order valence-corrected chi connectivity index (χ3v) is 4.76. The van der Waals surface area contributed by atoms with E-state index in [-0.39, 0.29) is 5.91 Å². The molecule has 1 amide bonds. The molecule has 1 atom stereocenters. The van der Waals surface area contributed by atoms with Crippen LogP contribution < -0.4 is 20.7 Å². The molecule has 0 aliphatic carbocycles. The maximum absolute atomic E-state index is 11.6. The second kappa shape index (κ2) is 11.7. The summed E-state index contributed by atoms with van der Waals surface area (Å²) in [5.41, 5.74) is 3.00. The number of hydrogen-bond acceptors (Lipinski definition) is 3. The first-order valence-electron chi connectivity index (χ1n) is 10.0. The first-order chi connectivity index (χ1) is 14.1. The van der Waals surface area contributed by atoms with Crippen LogP contribution in [0.3, 0.4) is 0 Å². The highest BCUT2D eigenvalue weighted by Gasteiger charge is 2.07. The van der Waals surface area contributed by atoms with Gasteiger partial charge in [0.25, 0.3) is 5.91 Å². The monoisotopic (exact) mass is 396 g/mol. The normalized spacial score (nSPS) is 12.2. The number of nitrogens with zero attached hydrogens (tertiary/aromatic N) is 1. The van der Waals surface area contributed by atoms with Crippen molar-refractivity contribution in [2.75, 3.05) is 27.2 Å². The Morgan fingerprint density at radius 3 is 2.34 bits per heavy atom. The zero-order chi connectivity index (χ0) is 21.1. The molecule has 2 rings (SSSR count). The Bertz CT molecular complexity index is 786. The molecule has 0 aliphatic rings. The SMILES string of the molecule is CCNC(=NCc1ccc(C(=O)NC)cc1)NCCC(C)c1ccc(OC)cc1. The molecule has 0 aromatic heterocycles. The van der Waals surface area contributed by atoms with Crippen molar-refractivity contribution in [2.45, 2.75) is 32.7 Å². The molecule has 156 valence electrons. The molecule has 0 radical (unpaired) electrons. The van der Waals surface area contributed by atoms with Crippen LogP contribution in [0.1, 0.15) is 47.7 Å². The number of rotatable bonds is 9. The van der Waals surface area contributed by atoms with E-state index in [9.17, 15) is 4.79 Å². The van der Waals surface area contributed by atoms with E-state index in [4.69, 9.17) is 4.74 Å². The number of carbonyl (C=O) groups is 1. The molecule has 0 saturated carbocycles. The van der Waals surface area contributed by atoms with E-state index in [1.807, 2.05) is 36.4 Å². The smallest absolute Gasteiger partial charge is 0.251 e. The molecule has 3 N–H and O–H groups in total. The summed E-state index contributed by atoms with van der Waals surface area (Å²) in [4.78, 5) is 16.3. The molecular weight excluding hydrogens is 364 g/mol. The Balaban J connectivity index is 1.87. The molecular formula is C23H32N4O2. The van der Waals surface area contributed by atoms with E-state index >= 15 is 0 Å². The fraction of sp³-hybridized carbons (Fsp3) is 0.391. The first-order valence-corrected chi connectivity index (χ1v) is 10.0. The summed E-state index contributed by atoms with van der Waals surface area (Å²) in [6.45, 7) is 6.46. The number of amides is 1. The van der Waals surface area contributed by atoms with Gasteiger partial charge in [0.05, 0.1) is 13.7 Å². The predicted octanol–water partition coefficient (Wildman–Crippen LogP) is 3.30. The Labute approximate surface area is 173 Å². The molecule has 0 saturated heterocycles. The van der Waals surface area contributed by atoms with Crippen molar-refractivity contribution in [1.82, 2.24) is 16.0 Å². The lowest BCUT2D eigenvalue weighted by Crippen LogP contribution is -2.38. The van der Waals surface area contributed by atoms with Crippen molar-refractivity contribution in [3.05, 3.63) is 65.2 Å². The molecule has 29 heavy (non-hydrogen) atoms. The van der Waals surface area contributed by atoms with Crippen molar-refractivity contribution in [3.8, 4) is 5.75 Å². The maximum atomic E-state index is 11.6. The predicted molar refractivity (Wildman–Crippen MR) is 119 cm³/mol. The lowest BCUT2D eigenvalue weighted by Gasteiger charge is -2.15. The number of carbonyl (C=O) groups excluding carboxylic acids is 1. The minimum atomic E-state index is -0.0824. The number of aliphatic imine (C=N–C) groups is 1. The fourth-order valence-electron chi connectivity index (χ4n) is 2.92. The van der Waals surface area contributed by atoms with Gasteiger partial charge in [-0.2, -0.15) is 0 Å². The van der Waals surface area contributed by atoms with Crippen LogP contribution in [0, 0.1) is 0 Å². The average molecular weight is 397 g/mol. The molecule has 0 bridgehead atoms. The number of ether oxygens (including phenoxy) is 1. The van der Waals surface area contributed by atoms with E-state index in [1.54, 1.807) is 14.2 Å². The summed E-state index contributed by atoms with van der Waals surface area (Å²) >= 11 is 0. The highest BCUT2D eigenvalue weighted by atomic mass is 16.5. The van der Waals surface area contributed by atoms with Gasteiger partial charge in [-0.15, -0.1) is 0 Å². The van der Waals surface area contributed by atoms with Crippen molar-refractivity contribution in [3.63, 3.8) is 0 Å². The van der Waals surface area contributed by atoms with Gasteiger partial charge < -0.3 is 20.7 Å². The van der Waals surface area contributed by atoms with Crippen molar-refractivity contribution in [1.29, 1.82) is 0 Å². The van der Waals surface area contributed by atoms with Crippen LogP contribution in [0.25, 0.3) is 0 Å². The van der Waals surface area contributed by atoms with E-state index < -0.39 is 0 Å². The summed E-state index contributed by atoms with van der Waals surface area (Å²) in [6.07, 6.45) is 0.998. The molecule has 0 spiro atoms. The Hall–Kier alpha value is -3.02. The molecule has 0 fully saturated rings. The number of benzene rings is 2. The van der Waals surface area contributed by atoms with Gasteiger partial charge in [0, 0.05) is 25.7 Å². The van der Waals surface area contributed by atoms with Gasteiger partial charge in [-0.05, 0) is 54.7 Å². The van der Waals surface area contributed by atoms with E-state index in [0.717, 1.165) is 36.8 Å². The largest absolute Gasteiger partial charge is 0.497 e. The molecule has 2 aromatic carbocycles. The summed E-state index contributed by atoms with van der Waals surface area (Å²) in [7, 11) is 3.31. The Kier molecular flexibility index (Phi) is 9.02. The van der Waals surface area contributed by atoms with Crippen molar-refractivity contribution in [2.24, 2.45) is 4.99 Å². The van der Waals surface area contributed by atoms with Crippen LogP contribution in [-0.2, 0) is 6.54 Å². The summed E-state index contributed by atoms with van der Waals surface area (Å²) < 4.78 is 5.22. The third-order valence-electron chi connectivity index (χ3n) is 4.76. The maximum Gasteiger partial charge on any atom is 0.251 e. The topological polar surface area (TPSA) is 74.8 Å². The highest BCUT2D eigenvalue weighted by molar-refractivity contribution is 5.93. The number of hydrogen-bond donors (Lipinski definition) is 3. The van der Waals surface area contributed by atoms with E-state index in [2.05, 4.69) is 46.9 Å². The van der Waals surface area contributed by atoms with Gasteiger partial charge in [-0.1, -0.05) is 31.2 Å². The van der Waals surface area contributed by atoms with Gasteiger partial charge in [0.15, 0.2) is 5.96 Å². The van der Waals surface area contributed by atoms with Crippen LogP contribution >= 0.6 is 0 Å². The lowest BCUT2D eigenvalue weighted by molar-refractivity contribution is 0.0963. The van der Waals surface area contributed by atoms with Gasteiger partial charge in [0.1, 0.15) is 5.75 Å². The van der Waals surface area contributed by atoms with Gasteiger partial charge in [-0.3, -0.25) is 4.79 Å². The fourth-order valence-corrected chi connectivity index (χ4v) is 2.92. The molecule has 6 nitrogen and oxygen atoms in total.